The zero-order chi connectivity index (χ0) is 13.7. The molecular formula is C9H13N9O. The number of anilines is 2. The number of hydrogen-bond donors (Lipinski definition) is 3. The number of carbonyl (C=O) groups excluding carboxylic acids is 1. The van der Waals surface area contributed by atoms with Crippen LogP contribution in [0.15, 0.2) is 12.7 Å². The maximum atomic E-state index is 10.7. The summed E-state index contributed by atoms with van der Waals surface area (Å²) in [6.45, 7) is 2.50. The number of hydrogen-bond acceptors (Lipinski definition) is 8. The number of nitrogens with one attached hydrogen (secondary N) is 2. The van der Waals surface area contributed by atoms with Crippen molar-refractivity contribution in [2.24, 2.45) is 5.73 Å². The molecule has 0 radical (unpaired) electrons. The van der Waals surface area contributed by atoms with Crippen molar-refractivity contribution < 1.29 is 4.79 Å². The van der Waals surface area contributed by atoms with Gasteiger partial charge in [0.1, 0.15) is 12.7 Å². The van der Waals surface area contributed by atoms with Crippen LogP contribution in [-0.4, -0.2) is 48.7 Å². The van der Waals surface area contributed by atoms with Crippen LogP contribution in [0.25, 0.3) is 5.95 Å². The highest BCUT2D eigenvalue weighted by molar-refractivity contribution is 5.78. The first-order valence-electron chi connectivity index (χ1n) is 5.56. The molecule has 0 spiro atoms. The highest BCUT2D eigenvalue weighted by Gasteiger charge is 2.08. The van der Waals surface area contributed by atoms with Crippen molar-refractivity contribution in [1.29, 1.82) is 0 Å². The number of primary amides is 1. The van der Waals surface area contributed by atoms with Crippen LogP contribution in [0, 0.1) is 0 Å². The molecule has 0 aliphatic heterocycles. The van der Waals surface area contributed by atoms with E-state index in [2.05, 4.69) is 35.7 Å². The SMILES string of the molecule is CCNc1nc(NCC(N)=O)nc(-n2cncn2)n1. The van der Waals surface area contributed by atoms with Gasteiger partial charge in [-0.15, -0.1) is 0 Å². The summed E-state index contributed by atoms with van der Waals surface area (Å²) in [5.41, 5.74) is 5.05. The number of nitrogens with two attached hydrogens (primary N) is 1. The number of amides is 1. The van der Waals surface area contributed by atoms with Crippen LogP contribution in [-0.2, 0) is 4.79 Å². The van der Waals surface area contributed by atoms with Gasteiger partial charge in [-0.2, -0.15) is 24.7 Å². The largest absolute Gasteiger partial charge is 0.368 e. The first kappa shape index (κ1) is 12.7. The molecule has 0 bridgehead atoms. The summed E-state index contributed by atoms with van der Waals surface area (Å²) in [6.07, 6.45) is 2.83. The molecule has 0 saturated carbocycles. The average Bonchev–Trinajstić information content (AvgIpc) is 2.90. The molecule has 10 nitrogen and oxygen atoms in total. The highest BCUT2D eigenvalue weighted by atomic mass is 16.1. The van der Waals surface area contributed by atoms with E-state index < -0.39 is 5.91 Å². The monoisotopic (exact) mass is 263 g/mol. The molecule has 2 aromatic rings. The lowest BCUT2D eigenvalue weighted by molar-refractivity contribution is -0.116. The summed E-state index contributed by atoms with van der Waals surface area (Å²) in [4.78, 5) is 26.9. The van der Waals surface area contributed by atoms with E-state index in [9.17, 15) is 4.79 Å². The van der Waals surface area contributed by atoms with E-state index in [0.29, 0.717) is 12.5 Å². The van der Waals surface area contributed by atoms with Gasteiger partial charge in [0.05, 0.1) is 6.54 Å². The molecule has 2 heterocycles. The smallest absolute Gasteiger partial charge is 0.258 e. The van der Waals surface area contributed by atoms with E-state index in [1.165, 1.54) is 17.3 Å². The molecule has 0 aliphatic rings. The molecule has 4 N–H and O–H groups in total. The Morgan fingerprint density at radius 1 is 1.32 bits per heavy atom. The fourth-order valence-electron chi connectivity index (χ4n) is 1.26. The van der Waals surface area contributed by atoms with E-state index in [1.807, 2.05) is 6.92 Å². The fourth-order valence-corrected chi connectivity index (χ4v) is 1.26. The van der Waals surface area contributed by atoms with Crippen molar-refractivity contribution >= 4 is 17.8 Å². The molecule has 1 amide bonds. The normalized spacial score (nSPS) is 10.2. The third-order valence-electron chi connectivity index (χ3n) is 2.00. The Balaban J connectivity index is 2.29. The molecule has 0 saturated heterocycles. The molecule has 0 fully saturated rings. The van der Waals surface area contributed by atoms with E-state index >= 15 is 0 Å². The second-order valence-corrected chi connectivity index (χ2v) is 3.47. The Morgan fingerprint density at radius 3 is 2.63 bits per heavy atom. The lowest BCUT2D eigenvalue weighted by atomic mass is 10.6. The van der Waals surface area contributed by atoms with Gasteiger partial charge in [-0.1, -0.05) is 0 Å². The van der Waals surface area contributed by atoms with Crippen molar-refractivity contribution in [3.63, 3.8) is 0 Å². The fraction of sp³-hybridized carbons (Fsp3) is 0.333. The van der Waals surface area contributed by atoms with Crippen molar-refractivity contribution in [3.8, 4) is 5.95 Å². The van der Waals surface area contributed by atoms with Gasteiger partial charge in [0.15, 0.2) is 0 Å². The van der Waals surface area contributed by atoms with E-state index in [-0.39, 0.29) is 18.4 Å². The molecular weight excluding hydrogens is 250 g/mol. The van der Waals surface area contributed by atoms with Crippen LogP contribution in [0.4, 0.5) is 11.9 Å². The molecule has 2 rings (SSSR count). The Labute approximate surface area is 108 Å². The standard InChI is InChI=1S/C9H13N9O/c1-2-12-7-15-8(13-3-6(10)19)17-9(16-7)18-5-11-4-14-18/h4-5H,2-3H2,1H3,(H2,10,19)(H2,12,13,15,16,17). The van der Waals surface area contributed by atoms with Crippen LogP contribution in [0.5, 0.6) is 0 Å². The Kier molecular flexibility index (Phi) is 3.81. The molecule has 0 aromatic carbocycles. The van der Waals surface area contributed by atoms with Crippen molar-refractivity contribution in [2.75, 3.05) is 23.7 Å². The summed E-state index contributed by atoms with van der Waals surface area (Å²) >= 11 is 0. The van der Waals surface area contributed by atoms with Crippen LogP contribution in [0.3, 0.4) is 0 Å². The van der Waals surface area contributed by atoms with Crippen LogP contribution in [0.1, 0.15) is 6.92 Å². The maximum absolute atomic E-state index is 10.7. The first-order valence-corrected chi connectivity index (χ1v) is 5.56. The quantitative estimate of drug-likeness (QED) is 0.590. The minimum Gasteiger partial charge on any atom is -0.368 e. The third kappa shape index (κ3) is 3.34. The minimum absolute atomic E-state index is 0.0631. The van der Waals surface area contributed by atoms with E-state index in [0.717, 1.165) is 0 Å². The van der Waals surface area contributed by atoms with Gasteiger partial charge in [0, 0.05) is 6.54 Å². The van der Waals surface area contributed by atoms with Crippen LogP contribution >= 0.6 is 0 Å². The lowest BCUT2D eigenvalue weighted by Gasteiger charge is -2.07. The van der Waals surface area contributed by atoms with Gasteiger partial charge < -0.3 is 16.4 Å². The molecule has 0 unspecified atom stereocenters. The number of aromatic nitrogens is 6. The minimum atomic E-state index is -0.507. The molecule has 0 aliphatic carbocycles. The Hall–Kier alpha value is -2.78. The van der Waals surface area contributed by atoms with Crippen LogP contribution < -0.4 is 16.4 Å². The Morgan fingerprint density at radius 2 is 2.05 bits per heavy atom. The van der Waals surface area contributed by atoms with Gasteiger partial charge >= 0.3 is 0 Å². The zero-order valence-electron chi connectivity index (χ0n) is 10.2. The summed E-state index contributed by atoms with van der Waals surface area (Å²) in [5, 5.41) is 9.59. The van der Waals surface area contributed by atoms with Gasteiger partial charge in [-0.3, -0.25) is 4.79 Å². The van der Waals surface area contributed by atoms with Crippen molar-refractivity contribution in [1.82, 2.24) is 29.7 Å². The second-order valence-electron chi connectivity index (χ2n) is 3.47. The summed E-state index contributed by atoms with van der Waals surface area (Å²) in [7, 11) is 0. The molecule has 0 atom stereocenters. The molecule has 19 heavy (non-hydrogen) atoms. The average molecular weight is 263 g/mol. The maximum Gasteiger partial charge on any atom is 0.258 e. The molecule has 10 heteroatoms. The van der Waals surface area contributed by atoms with Crippen LogP contribution in [0.2, 0.25) is 0 Å². The van der Waals surface area contributed by atoms with Crippen molar-refractivity contribution in [3.05, 3.63) is 12.7 Å². The van der Waals surface area contributed by atoms with Gasteiger partial charge in [-0.25, -0.2) is 4.98 Å². The number of nitrogens with zero attached hydrogens (tertiary/aromatic N) is 6. The summed E-state index contributed by atoms with van der Waals surface area (Å²) < 4.78 is 1.39. The zero-order valence-corrected chi connectivity index (χ0v) is 10.2. The highest BCUT2D eigenvalue weighted by Crippen LogP contribution is 2.07. The lowest BCUT2D eigenvalue weighted by Crippen LogP contribution is -2.23. The number of carbonyl (C=O) groups is 1. The Bertz CT molecular complexity index is 553. The third-order valence-corrected chi connectivity index (χ3v) is 2.00. The van der Waals surface area contributed by atoms with E-state index in [1.54, 1.807) is 0 Å². The first-order chi connectivity index (χ1) is 9.19. The van der Waals surface area contributed by atoms with Gasteiger partial charge in [-0.05, 0) is 6.92 Å². The summed E-state index contributed by atoms with van der Waals surface area (Å²) in [6, 6.07) is 0. The second kappa shape index (κ2) is 5.71. The van der Waals surface area contributed by atoms with Gasteiger partial charge in [0.25, 0.3) is 5.95 Å². The van der Waals surface area contributed by atoms with Gasteiger partial charge in [0.2, 0.25) is 17.8 Å². The predicted octanol–water partition coefficient (Wildman–Crippen LogP) is -1.22. The molecule has 100 valence electrons. The molecule has 2 aromatic heterocycles. The predicted molar refractivity (Wildman–Crippen MR) is 66.6 cm³/mol. The van der Waals surface area contributed by atoms with E-state index in [4.69, 9.17) is 5.73 Å². The topological polar surface area (TPSA) is 137 Å². The number of rotatable bonds is 6. The van der Waals surface area contributed by atoms with Crippen molar-refractivity contribution in [2.45, 2.75) is 6.92 Å². The summed E-state index contributed by atoms with van der Waals surface area (Å²) in [5.74, 6) is 0.383.